The normalized spacial score (nSPS) is 11.1. The molecule has 5 rings (SSSR count). The van der Waals surface area contributed by atoms with Gasteiger partial charge in [-0.05, 0) is 42.0 Å². The first-order valence-corrected chi connectivity index (χ1v) is 10.6. The first-order valence-electron chi connectivity index (χ1n) is 10.6. The summed E-state index contributed by atoms with van der Waals surface area (Å²) >= 11 is 0. The van der Waals surface area contributed by atoms with Crippen molar-refractivity contribution in [1.29, 1.82) is 0 Å². The van der Waals surface area contributed by atoms with Crippen LogP contribution < -0.4 is 14.2 Å². The number of ether oxygens (including phenoxy) is 4. The summed E-state index contributed by atoms with van der Waals surface area (Å²) in [5, 5.41) is 18.1. The Morgan fingerprint density at radius 2 is 1.69 bits per heavy atom. The lowest BCUT2D eigenvalue weighted by atomic mass is 10.1. The highest BCUT2D eigenvalue weighted by molar-refractivity contribution is 5.86. The van der Waals surface area contributed by atoms with Gasteiger partial charge in [0.1, 0.15) is 11.4 Å². The third kappa shape index (κ3) is 3.76. The summed E-state index contributed by atoms with van der Waals surface area (Å²) in [4.78, 5) is 12.0. The third-order valence-corrected chi connectivity index (χ3v) is 5.65. The molecule has 0 fully saturated rings. The molecule has 178 valence electrons. The van der Waals surface area contributed by atoms with Crippen LogP contribution >= 0.6 is 0 Å². The quantitative estimate of drug-likeness (QED) is 0.328. The molecular weight excluding hydrogens is 452 g/mol. The lowest BCUT2D eigenvalue weighted by Gasteiger charge is -2.09. The molecule has 11 nitrogen and oxygen atoms in total. The van der Waals surface area contributed by atoms with Gasteiger partial charge in [-0.2, -0.15) is 14.7 Å². The molecule has 0 amide bonds. The molecule has 0 saturated heterocycles. The Morgan fingerprint density at radius 3 is 2.37 bits per heavy atom. The van der Waals surface area contributed by atoms with Crippen LogP contribution in [0.5, 0.6) is 17.2 Å². The van der Waals surface area contributed by atoms with Crippen LogP contribution in [0.15, 0.2) is 48.7 Å². The number of benzene rings is 2. The number of nitrogens with zero attached hydrogens (tertiary/aromatic N) is 6. The van der Waals surface area contributed by atoms with E-state index in [1.54, 1.807) is 36.7 Å². The number of aromatic nitrogens is 6. The van der Waals surface area contributed by atoms with Crippen LogP contribution in [0.25, 0.3) is 33.6 Å². The molecule has 0 aliphatic heterocycles. The zero-order chi connectivity index (χ0) is 24.5. The Balaban J connectivity index is 1.73. The summed E-state index contributed by atoms with van der Waals surface area (Å²) in [5.41, 5.74) is 4.27. The van der Waals surface area contributed by atoms with Crippen LogP contribution in [-0.2, 0) is 16.0 Å². The molecule has 0 bridgehead atoms. The van der Waals surface area contributed by atoms with Crippen molar-refractivity contribution in [3.8, 4) is 34.1 Å². The largest absolute Gasteiger partial charge is 0.497 e. The van der Waals surface area contributed by atoms with Gasteiger partial charge in [-0.25, -0.2) is 4.68 Å². The van der Waals surface area contributed by atoms with E-state index in [0.717, 1.165) is 16.8 Å². The number of fused-ring (bicyclic) bond motifs is 3. The van der Waals surface area contributed by atoms with E-state index in [2.05, 4.69) is 20.4 Å². The van der Waals surface area contributed by atoms with Gasteiger partial charge < -0.3 is 18.9 Å². The van der Waals surface area contributed by atoms with E-state index in [9.17, 15) is 4.79 Å². The number of hydrogen-bond acceptors (Lipinski definition) is 9. The SMILES string of the molecule is COC(=O)Cc1nn(-c2ccc(OC)cc2)c2c1nnc1c(-c3ccc(OC)c(OC)c3)cnn12. The van der Waals surface area contributed by atoms with Crippen LogP contribution in [0.2, 0.25) is 0 Å². The number of carbonyl (C=O) groups is 1. The van der Waals surface area contributed by atoms with Crippen molar-refractivity contribution in [3.05, 3.63) is 54.4 Å². The van der Waals surface area contributed by atoms with Gasteiger partial charge in [0, 0.05) is 5.56 Å². The molecule has 0 radical (unpaired) electrons. The van der Waals surface area contributed by atoms with Crippen molar-refractivity contribution in [2.75, 3.05) is 28.4 Å². The molecule has 2 aromatic carbocycles. The number of rotatable bonds is 7. The third-order valence-electron chi connectivity index (χ3n) is 5.65. The Hall–Kier alpha value is -4.67. The topological polar surface area (TPSA) is 115 Å². The summed E-state index contributed by atoms with van der Waals surface area (Å²) in [5.74, 6) is 1.48. The van der Waals surface area contributed by atoms with E-state index < -0.39 is 5.97 Å². The highest BCUT2D eigenvalue weighted by atomic mass is 16.5. The maximum Gasteiger partial charge on any atom is 0.311 e. The number of esters is 1. The predicted molar refractivity (Wildman–Crippen MR) is 126 cm³/mol. The van der Waals surface area contributed by atoms with Gasteiger partial charge in [0.05, 0.1) is 46.7 Å². The standard InChI is InChI=1S/C24H22N6O5/c1-32-16-8-6-15(7-9-16)29-24-22(18(28-29)12-21(31)35-4)26-27-23-17(13-25-30(23)24)14-5-10-19(33-2)20(11-14)34-3/h5-11,13H,12H2,1-4H3. The number of hydrogen-bond donors (Lipinski definition) is 0. The lowest BCUT2D eigenvalue weighted by molar-refractivity contribution is -0.139. The smallest absolute Gasteiger partial charge is 0.311 e. The van der Waals surface area contributed by atoms with Gasteiger partial charge in [0.2, 0.25) is 0 Å². The van der Waals surface area contributed by atoms with Crippen LogP contribution in [-0.4, -0.2) is 64.0 Å². The highest BCUT2D eigenvalue weighted by Gasteiger charge is 2.22. The Kier molecular flexibility index (Phi) is 5.65. The summed E-state index contributed by atoms with van der Waals surface area (Å²) < 4.78 is 24.2. The summed E-state index contributed by atoms with van der Waals surface area (Å²) in [7, 11) is 6.10. The molecule has 0 N–H and O–H groups in total. The maximum absolute atomic E-state index is 12.0. The van der Waals surface area contributed by atoms with Crippen LogP contribution in [0.1, 0.15) is 5.69 Å². The number of carbonyl (C=O) groups excluding carboxylic acids is 1. The fraction of sp³-hybridized carbons (Fsp3) is 0.208. The second kappa shape index (κ2) is 8.93. The minimum atomic E-state index is -0.431. The minimum Gasteiger partial charge on any atom is -0.497 e. The van der Waals surface area contributed by atoms with Gasteiger partial charge >= 0.3 is 5.97 Å². The van der Waals surface area contributed by atoms with E-state index in [1.165, 1.54) is 7.11 Å². The monoisotopic (exact) mass is 474 g/mol. The van der Waals surface area contributed by atoms with Crippen molar-refractivity contribution < 1.29 is 23.7 Å². The van der Waals surface area contributed by atoms with E-state index in [1.807, 2.05) is 42.5 Å². The molecule has 0 unspecified atom stereocenters. The first-order chi connectivity index (χ1) is 17.1. The molecule has 0 aliphatic carbocycles. The van der Waals surface area contributed by atoms with E-state index in [-0.39, 0.29) is 6.42 Å². The predicted octanol–water partition coefficient (Wildman–Crippen LogP) is 2.87. The van der Waals surface area contributed by atoms with Gasteiger partial charge in [-0.3, -0.25) is 4.79 Å². The molecule has 35 heavy (non-hydrogen) atoms. The minimum absolute atomic E-state index is 0.0554. The molecular formula is C24H22N6O5. The molecule has 0 saturated carbocycles. The fourth-order valence-electron chi connectivity index (χ4n) is 3.87. The van der Waals surface area contributed by atoms with Gasteiger partial charge in [-0.15, -0.1) is 10.2 Å². The molecule has 3 aromatic heterocycles. The Morgan fingerprint density at radius 1 is 0.914 bits per heavy atom. The summed E-state index contributed by atoms with van der Waals surface area (Å²) in [6.45, 7) is 0. The molecule has 0 spiro atoms. The Labute approximate surface area is 199 Å². The van der Waals surface area contributed by atoms with Crippen LogP contribution in [0.4, 0.5) is 0 Å². The zero-order valence-electron chi connectivity index (χ0n) is 19.6. The summed E-state index contributed by atoms with van der Waals surface area (Å²) in [6, 6.07) is 12.9. The van der Waals surface area contributed by atoms with Crippen molar-refractivity contribution in [3.63, 3.8) is 0 Å². The van der Waals surface area contributed by atoms with E-state index >= 15 is 0 Å². The average Bonchev–Trinajstić information content (AvgIpc) is 3.50. The molecule has 5 aromatic rings. The average molecular weight is 474 g/mol. The highest BCUT2D eigenvalue weighted by Crippen LogP contribution is 2.34. The molecule has 0 aliphatic rings. The van der Waals surface area contributed by atoms with E-state index in [0.29, 0.717) is 39.8 Å². The zero-order valence-corrected chi connectivity index (χ0v) is 19.6. The second-order valence-corrected chi connectivity index (χ2v) is 7.55. The van der Waals surface area contributed by atoms with Gasteiger partial charge in [0.15, 0.2) is 28.3 Å². The first kappa shape index (κ1) is 22.1. The van der Waals surface area contributed by atoms with Crippen LogP contribution in [0.3, 0.4) is 0 Å². The Bertz CT molecular complexity index is 1540. The maximum atomic E-state index is 12.0. The van der Waals surface area contributed by atoms with Crippen molar-refractivity contribution >= 4 is 22.8 Å². The second-order valence-electron chi connectivity index (χ2n) is 7.55. The van der Waals surface area contributed by atoms with Gasteiger partial charge in [0.25, 0.3) is 0 Å². The van der Waals surface area contributed by atoms with Crippen molar-refractivity contribution in [2.45, 2.75) is 6.42 Å². The van der Waals surface area contributed by atoms with Crippen molar-refractivity contribution in [1.82, 2.24) is 29.6 Å². The number of methoxy groups -OCH3 is 4. The molecule has 3 heterocycles. The summed E-state index contributed by atoms with van der Waals surface area (Å²) in [6.07, 6.45) is 1.65. The fourth-order valence-corrected chi connectivity index (χ4v) is 3.87. The van der Waals surface area contributed by atoms with E-state index in [4.69, 9.17) is 18.9 Å². The van der Waals surface area contributed by atoms with Crippen LogP contribution in [0, 0.1) is 0 Å². The lowest BCUT2D eigenvalue weighted by Crippen LogP contribution is -2.06. The molecule has 11 heteroatoms. The van der Waals surface area contributed by atoms with Crippen molar-refractivity contribution in [2.24, 2.45) is 0 Å². The van der Waals surface area contributed by atoms with Gasteiger partial charge in [-0.1, -0.05) is 6.07 Å². The molecule has 0 atom stereocenters.